The molecule has 2 heterocycles. The summed E-state index contributed by atoms with van der Waals surface area (Å²) < 4.78 is 12.1. The number of benzene rings is 3. The van der Waals surface area contributed by atoms with Gasteiger partial charge in [-0.25, -0.2) is 4.79 Å². The molecule has 3 N–H and O–H groups in total. The Morgan fingerprint density at radius 2 is 1.63 bits per heavy atom. The lowest BCUT2D eigenvalue weighted by molar-refractivity contribution is -0.130. The number of rotatable bonds is 14. The number of amides is 4. The summed E-state index contributed by atoms with van der Waals surface area (Å²) in [6, 6.07) is 22.6. The summed E-state index contributed by atoms with van der Waals surface area (Å²) in [4.78, 5) is 87.0. The van der Waals surface area contributed by atoms with Gasteiger partial charge in [-0.1, -0.05) is 62.4 Å². The number of carbonyl (C=O) groups excluding carboxylic acids is 6. The molecular formula is C48H51N7O8. The van der Waals surface area contributed by atoms with Crippen LogP contribution in [0.3, 0.4) is 0 Å². The van der Waals surface area contributed by atoms with Crippen molar-refractivity contribution in [2.24, 2.45) is 5.41 Å². The van der Waals surface area contributed by atoms with Gasteiger partial charge < -0.3 is 30.3 Å². The highest BCUT2D eigenvalue weighted by Gasteiger charge is 2.38. The van der Waals surface area contributed by atoms with Gasteiger partial charge in [0.25, 0.3) is 5.91 Å². The van der Waals surface area contributed by atoms with Crippen molar-refractivity contribution in [1.82, 2.24) is 30.7 Å². The molecule has 7 rings (SSSR count). The molecule has 3 aliphatic rings. The third kappa shape index (κ3) is 9.70. The highest BCUT2D eigenvalue weighted by molar-refractivity contribution is 6.22. The third-order valence-electron chi connectivity index (χ3n) is 11.8. The number of fused-ring (bicyclic) bond motifs is 4. The number of hydrogen-bond acceptors (Lipinski definition) is 11. The van der Waals surface area contributed by atoms with Crippen molar-refractivity contribution in [3.8, 4) is 22.9 Å². The van der Waals surface area contributed by atoms with E-state index >= 15 is 0 Å². The highest BCUT2D eigenvalue weighted by Crippen LogP contribution is 2.45. The number of ketones is 2. The van der Waals surface area contributed by atoms with E-state index in [-0.39, 0.29) is 62.1 Å². The standard InChI is InChI=1S/C48H51N7O8/c1-29(43-40(56)24-48(2,3)25-41(43)57)52-27-39(54(4)47(61)63-44-34-14-7-5-12-32(34)33-13-6-8-15-35(33)44)46(60)51-19-10-22-62-31-16-17-38-37(23-31)36(18-20-50-38)45(59)53-28-42(58)55-21-9-11-30(55)26-49/h5-8,12-18,20,23,30,39,44,52H,9-11,19,21-22,24-25,27-28H2,1-4H3,(H,51,60)(H,53,59)/t30-,39+/m0/s1. The second kappa shape index (κ2) is 18.9. The van der Waals surface area contributed by atoms with Crippen LogP contribution in [0.4, 0.5) is 4.79 Å². The molecule has 2 aliphatic carbocycles. The van der Waals surface area contributed by atoms with Crippen LogP contribution in [0.25, 0.3) is 22.0 Å². The van der Waals surface area contributed by atoms with E-state index in [1.165, 1.54) is 23.0 Å². The maximum atomic E-state index is 13.9. The van der Waals surface area contributed by atoms with Crippen LogP contribution < -0.4 is 20.7 Å². The maximum absolute atomic E-state index is 13.9. The molecule has 63 heavy (non-hydrogen) atoms. The number of likely N-dealkylation sites (N-methyl/N-ethyl adjacent to an activating group) is 1. The van der Waals surface area contributed by atoms with Crippen molar-refractivity contribution in [1.29, 1.82) is 5.26 Å². The SMILES string of the molecule is CC(NC[C@H](C(=O)NCCCOc1ccc2nccc(C(=O)NCC(=O)N3CCC[C@H]3C#N)c2c1)N(C)C(=O)OC1c2ccccc2-c2ccccc21)=C1C(=O)CC(C)(C)CC1=O. The molecule has 4 amide bonds. The Hall–Kier alpha value is -7.08. The van der Waals surface area contributed by atoms with Gasteiger partial charge in [0.15, 0.2) is 17.7 Å². The first kappa shape index (κ1) is 44.0. The van der Waals surface area contributed by atoms with Gasteiger partial charge in [0, 0.05) is 67.9 Å². The van der Waals surface area contributed by atoms with Crippen LogP contribution in [0.15, 0.2) is 90.3 Å². The summed E-state index contributed by atoms with van der Waals surface area (Å²) in [6.07, 6.45) is 2.25. The molecule has 1 saturated carbocycles. The van der Waals surface area contributed by atoms with Crippen molar-refractivity contribution >= 4 is 46.3 Å². The minimum absolute atomic E-state index is 0.0783. The average molecular weight is 854 g/mol. The Bertz CT molecular complexity index is 2480. The molecule has 0 spiro atoms. The van der Waals surface area contributed by atoms with E-state index in [1.807, 2.05) is 62.4 Å². The molecule has 0 bridgehead atoms. The summed E-state index contributed by atoms with van der Waals surface area (Å²) >= 11 is 0. The summed E-state index contributed by atoms with van der Waals surface area (Å²) in [7, 11) is 1.48. The summed E-state index contributed by atoms with van der Waals surface area (Å²) in [5, 5.41) is 18.5. The van der Waals surface area contributed by atoms with Gasteiger partial charge in [-0.05, 0) is 67.0 Å². The third-order valence-corrected chi connectivity index (χ3v) is 11.8. The summed E-state index contributed by atoms with van der Waals surface area (Å²) in [5.41, 5.74) is 4.41. The fraction of sp³-hybridized carbons (Fsp3) is 0.375. The maximum Gasteiger partial charge on any atom is 0.411 e. The second-order valence-electron chi connectivity index (χ2n) is 16.9. The zero-order valence-electron chi connectivity index (χ0n) is 35.9. The van der Waals surface area contributed by atoms with Gasteiger partial charge in [0.2, 0.25) is 11.8 Å². The van der Waals surface area contributed by atoms with E-state index in [9.17, 15) is 34.0 Å². The zero-order chi connectivity index (χ0) is 44.8. The minimum Gasteiger partial charge on any atom is -0.494 e. The molecule has 1 aromatic heterocycles. The molecule has 1 saturated heterocycles. The first-order valence-corrected chi connectivity index (χ1v) is 21.2. The topological polar surface area (TPSA) is 200 Å². The lowest BCUT2D eigenvalue weighted by Crippen LogP contribution is -2.53. The Balaban J connectivity index is 0.990. The molecule has 2 fully saturated rings. The fourth-order valence-corrected chi connectivity index (χ4v) is 8.53. The second-order valence-corrected chi connectivity index (χ2v) is 16.9. The highest BCUT2D eigenvalue weighted by atomic mass is 16.6. The van der Waals surface area contributed by atoms with Gasteiger partial charge in [-0.15, -0.1) is 0 Å². The molecular weight excluding hydrogens is 803 g/mol. The number of nitrogens with one attached hydrogen (secondary N) is 3. The predicted octanol–water partition coefficient (Wildman–Crippen LogP) is 5.39. The monoisotopic (exact) mass is 853 g/mol. The Kier molecular flexibility index (Phi) is 13.2. The fourth-order valence-electron chi connectivity index (χ4n) is 8.53. The smallest absolute Gasteiger partial charge is 0.411 e. The van der Waals surface area contributed by atoms with Crippen LogP contribution >= 0.6 is 0 Å². The lowest BCUT2D eigenvalue weighted by Gasteiger charge is -2.31. The predicted molar refractivity (Wildman–Crippen MR) is 233 cm³/mol. The Morgan fingerprint density at radius 1 is 0.952 bits per heavy atom. The first-order chi connectivity index (χ1) is 30.3. The number of ether oxygens (including phenoxy) is 2. The molecule has 15 nitrogen and oxygen atoms in total. The van der Waals surface area contributed by atoms with E-state index in [2.05, 4.69) is 27.0 Å². The van der Waals surface area contributed by atoms with E-state index < -0.39 is 41.5 Å². The van der Waals surface area contributed by atoms with Crippen LogP contribution in [0.2, 0.25) is 0 Å². The molecule has 0 radical (unpaired) electrons. The zero-order valence-corrected chi connectivity index (χ0v) is 35.9. The van der Waals surface area contributed by atoms with Gasteiger partial charge in [0.1, 0.15) is 17.8 Å². The number of nitriles is 1. The number of hydrogen-bond donors (Lipinski definition) is 3. The van der Waals surface area contributed by atoms with Crippen LogP contribution in [0, 0.1) is 16.7 Å². The summed E-state index contributed by atoms with van der Waals surface area (Å²) in [6.45, 7) is 5.87. The largest absolute Gasteiger partial charge is 0.494 e. The molecule has 0 unspecified atom stereocenters. The number of allylic oxidation sites excluding steroid dienone is 2. The van der Waals surface area contributed by atoms with Gasteiger partial charge in [-0.2, -0.15) is 5.26 Å². The van der Waals surface area contributed by atoms with E-state index in [4.69, 9.17) is 9.47 Å². The van der Waals surface area contributed by atoms with Gasteiger partial charge in [-0.3, -0.25) is 33.9 Å². The number of aromatic nitrogens is 1. The minimum atomic E-state index is -1.11. The molecule has 2 atom stereocenters. The number of nitrogens with zero attached hydrogens (tertiary/aromatic N) is 4. The van der Waals surface area contributed by atoms with E-state index in [1.54, 1.807) is 31.2 Å². The normalized spacial score (nSPS) is 17.0. The first-order valence-electron chi connectivity index (χ1n) is 21.2. The molecule has 3 aromatic carbocycles. The number of Topliss-reactive ketones (excluding diaryl/α,β-unsaturated/α-hetero) is 2. The molecule has 326 valence electrons. The van der Waals surface area contributed by atoms with Crippen LogP contribution in [-0.4, -0.2) is 102 Å². The van der Waals surface area contributed by atoms with Gasteiger partial charge >= 0.3 is 6.09 Å². The van der Waals surface area contributed by atoms with E-state index in [0.29, 0.717) is 47.3 Å². The lowest BCUT2D eigenvalue weighted by atomic mass is 9.73. The van der Waals surface area contributed by atoms with Crippen molar-refractivity contribution in [2.75, 3.05) is 39.8 Å². The van der Waals surface area contributed by atoms with Crippen LogP contribution in [-0.2, 0) is 23.9 Å². The Morgan fingerprint density at radius 3 is 2.32 bits per heavy atom. The van der Waals surface area contributed by atoms with Gasteiger partial charge in [0.05, 0.1) is 35.9 Å². The molecule has 4 aromatic rings. The Labute approximate surface area is 365 Å². The molecule has 1 aliphatic heterocycles. The molecule has 15 heteroatoms. The summed E-state index contributed by atoms with van der Waals surface area (Å²) in [5.74, 6) is -1.35. The van der Waals surface area contributed by atoms with Crippen molar-refractivity contribution in [3.05, 3.63) is 107 Å². The van der Waals surface area contributed by atoms with Crippen molar-refractivity contribution < 1.29 is 38.2 Å². The quantitative estimate of drug-likeness (QED) is 0.0835. The van der Waals surface area contributed by atoms with E-state index in [0.717, 1.165) is 28.7 Å². The number of likely N-dealkylation sites (tertiary alicyclic amines) is 1. The van der Waals surface area contributed by atoms with Crippen LogP contribution in [0.1, 0.15) is 80.5 Å². The van der Waals surface area contributed by atoms with Crippen LogP contribution in [0.5, 0.6) is 5.75 Å². The number of pyridine rings is 1. The van der Waals surface area contributed by atoms with Crippen molar-refractivity contribution in [3.63, 3.8) is 0 Å². The number of carbonyl (C=O) groups is 6. The van der Waals surface area contributed by atoms with Crippen molar-refractivity contribution in [2.45, 2.75) is 71.1 Å². The average Bonchev–Trinajstić information content (AvgIpc) is 3.87.